The van der Waals surface area contributed by atoms with Crippen molar-refractivity contribution in [2.75, 3.05) is 11.1 Å². The zero-order chi connectivity index (χ0) is 25.0. The molecule has 0 atom stereocenters. The average molecular weight is 510 g/mol. The van der Waals surface area contributed by atoms with Gasteiger partial charge < -0.3 is 10.1 Å². The van der Waals surface area contributed by atoms with Gasteiger partial charge in [-0.1, -0.05) is 36.7 Å². The molecule has 0 spiro atoms. The number of halogens is 1. The van der Waals surface area contributed by atoms with Crippen LogP contribution in [0.25, 0.3) is 5.69 Å². The van der Waals surface area contributed by atoms with Crippen LogP contribution in [0.1, 0.15) is 18.1 Å². The molecule has 0 aliphatic heterocycles. The quantitative estimate of drug-likeness (QED) is 0.334. The molecule has 0 saturated heterocycles. The van der Waals surface area contributed by atoms with Crippen molar-refractivity contribution in [3.8, 4) is 17.2 Å². The minimum absolute atomic E-state index is 0.0283. The normalized spacial score (nSPS) is 11.3. The van der Waals surface area contributed by atoms with Crippen LogP contribution in [0.3, 0.4) is 0 Å². The highest BCUT2D eigenvalue weighted by molar-refractivity contribution is 7.91. The lowest BCUT2D eigenvalue weighted by Crippen LogP contribution is -2.14. The van der Waals surface area contributed by atoms with Crippen LogP contribution in [0.2, 0.25) is 5.02 Å². The summed E-state index contributed by atoms with van der Waals surface area (Å²) in [5, 5.41) is 7.78. The third kappa shape index (κ3) is 6.09. The predicted molar refractivity (Wildman–Crippen MR) is 136 cm³/mol. The zero-order valence-corrected chi connectivity index (χ0v) is 20.8. The molecule has 1 aromatic heterocycles. The summed E-state index contributed by atoms with van der Waals surface area (Å²) in [6, 6.07) is 18.7. The fourth-order valence-electron chi connectivity index (χ4n) is 3.44. The van der Waals surface area contributed by atoms with Gasteiger partial charge in [0.05, 0.1) is 23.3 Å². The largest absolute Gasteiger partial charge is 0.455 e. The second-order valence-electron chi connectivity index (χ2n) is 7.98. The van der Waals surface area contributed by atoms with Gasteiger partial charge in [0.25, 0.3) is 0 Å². The Morgan fingerprint density at radius 1 is 1.09 bits per heavy atom. The van der Waals surface area contributed by atoms with Crippen molar-refractivity contribution >= 4 is 33.0 Å². The van der Waals surface area contributed by atoms with Gasteiger partial charge in [0, 0.05) is 23.0 Å². The van der Waals surface area contributed by atoms with Crippen LogP contribution in [0.5, 0.6) is 11.5 Å². The van der Waals surface area contributed by atoms with Gasteiger partial charge >= 0.3 is 0 Å². The summed E-state index contributed by atoms with van der Waals surface area (Å²) in [6.45, 7) is 3.54. The van der Waals surface area contributed by atoms with E-state index in [-0.39, 0.29) is 23.0 Å². The van der Waals surface area contributed by atoms with Crippen molar-refractivity contribution < 1.29 is 17.9 Å². The molecule has 0 aliphatic carbocycles. The Labute approximate surface area is 209 Å². The van der Waals surface area contributed by atoms with Gasteiger partial charge in [-0.3, -0.25) is 4.79 Å². The number of rotatable bonds is 8. The lowest BCUT2D eigenvalue weighted by atomic mass is 10.1. The third-order valence-electron chi connectivity index (χ3n) is 5.25. The van der Waals surface area contributed by atoms with E-state index in [9.17, 15) is 13.2 Å². The van der Waals surface area contributed by atoms with Crippen LogP contribution in [-0.2, 0) is 21.1 Å². The number of aromatic nitrogens is 2. The molecule has 1 N–H and O–H groups in total. The van der Waals surface area contributed by atoms with E-state index >= 15 is 0 Å². The number of carbonyl (C=O) groups excluding carboxylic acids is 1. The second-order valence-corrected chi connectivity index (χ2v) is 10.7. The number of nitrogens with zero attached hydrogens (tertiary/aromatic N) is 2. The first-order valence-corrected chi connectivity index (χ1v) is 13.0. The first-order valence-electron chi connectivity index (χ1n) is 10.9. The summed E-state index contributed by atoms with van der Waals surface area (Å²) in [7, 11) is -3.28. The van der Waals surface area contributed by atoms with Gasteiger partial charge in [0.1, 0.15) is 11.4 Å². The van der Waals surface area contributed by atoms with Crippen LogP contribution in [0, 0.1) is 6.92 Å². The molecule has 3 aromatic carbocycles. The van der Waals surface area contributed by atoms with Crippen LogP contribution < -0.4 is 10.1 Å². The number of anilines is 1. The van der Waals surface area contributed by atoms with Gasteiger partial charge in [-0.15, -0.1) is 0 Å². The molecule has 0 unspecified atom stereocenters. The molecular formula is C26H24ClN3O4S. The van der Waals surface area contributed by atoms with Crippen molar-refractivity contribution in [2.24, 2.45) is 0 Å². The van der Waals surface area contributed by atoms with E-state index in [0.717, 1.165) is 5.56 Å². The van der Waals surface area contributed by atoms with E-state index in [2.05, 4.69) is 10.4 Å². The number of amides is 1. The van der Waals surface area contributed by atoms with Crippen molar-refractivity contribution in [3.63, 3.8) is 0 Å². The number of benzene rings is 3. The molecule has 7 nitrogen and oxygen atoms in total. The maximum Gasteiger partial charge on any atom is 0.228 e. The topological polar surface area (TPSA) is 90.3 Å². The highest BCUT2D eigenvalue weighted by atomic mass is 35.5. The number of hydrogen-bond acceptors (Lipinski definition) is 5. The highest BCUT2D eigenvalue weighted by Gasteiger charge is 2.14. The van der Waals surface area contributed by atoms with Crippen molar-refractivity contribution in [2.45, 2.75) is 25.2 Å². The number of carbonyl (C=O) groups is 1. The van der Waals surface area contributed by atoms with E-state index in [1.54, 1.807) is 66.3 Å². The van der Waals surface area contributed by atoms with Crippen LogP contribution >= 0.6 is 11.6 Å². The minimum Gasteiger partial charge on any atom is -0.455 e. The Morgan fingerprint density at radius 3 is 2.51 bits per heavy atom. The van der Waals surface area contributed by atoms with Gasteiger partial charge in [0.2, 0.25) is 5.91 Å². The van der Waals surface area contributed by atoms with Crippen molar-refractivity contribution in [3.05, 3.63) is 95.3 Å². The molecule has 0 saturated carbocycles. The summed E-state index contributed by atoms with van der Waals surface area (Å²) in [5.74, 6) is 0.823. The third-order valence-corrected chi connectivity index (χ3v) is 7.24. The number of hydrogen-bond donors (Lipinski definition) is 1. The molecule has 180 valence electrons. The first kappa shape index (κ1) is 24.5. The van der Waals surface area contributed by atoms with Crippen molar-refractivity contribution in [1.82, 2.24) is 9.78 Å². The van der Waals surface area contributed by atoms with E-state index < -0.39 is 9.84 Å². The molecule has 35 heavy (non-hydrogen) atoms. The number of nitrogens with one attached hydrogen (secondary N) is 1. The monoisotopic (exact) mass is 509 g/mol. The summed E-state index contributed by atoms with van der Waals surface area (Å²) >= 11 is 6.10. The molecular weight excluding hydrogens is 486 g/mol. The fourth-order valence-corrected chi connectivity index (χ4v) is 4.50. The summed E-state index contributed by atoms with van der Waals surface area (Å²) in [6.07, 6.45) is 3.72. The maximum absolute atomic E-state index is 12.7. The standard InChI is InChI=1S/C26H24ClN3O4S/c1-3-35(32,33)23-10-7-19(8-11-23)13-26(31)29-21-9-12-24(30-17-18(2)16-28-30)25(15-21)34-22-6-4-5-20(27)14-22/h4-12,14-17H,3,13H2,1-2H3,(H,29,31). The Hall–Kier alpha value is -3.62. The van der Waals surface area contributed by atoms with Gasteiger partial charge in [-0.25, -0.2) is 13.1 Å². The average Bonchev–Trinajstić information content (AvgIpc) is 3.25. The fraction of sp³-hybridized carbons (Fsp3) is 0.154. The molecule has 4 rings (SSSR count). The van der Waals surface area contributed by atoms with E-state index in [1.165, 1.54) is 12.1 Å². The van der Waals surface area contributed by atoms with Crippen LogP contribution in [0.15, 0.2) is 84.0 Å². The molecule has 0 bridgehead atoms. The predicted octanol–water partition coefficient (Wildman–Crippen LogP) is 5.60. The van der Waals surface area contributed by atoms with E-state index in [1.807, 2.05) is 19.2 Å². The molecule has 1 heterocycles. The number of ether oxygens (including phenoxy) is 1. The molecule has 0 radical (unpaired) electrons. The Bertz CT molecular complexity index is 1460. The summed E-state index contributed by atoms with van der Waals surface area (Å²) < 4.78 is 31.8. The van der Waals surface area contributed by atoms with E-state index in [4.69, 9.17) is 16.3 Å². The summed E-state index contributed by atoms with van der Waals surface area (Å²) in [5.41, 5.74) is 2.94. The Morgan fingerprint density at radius 2 is 1.86 bits per heavy atom. The molecule has 9 heteroatoms. The molecule has 1 amide bonds. The SMILES string of the molecule is CCS(=O)(=O)c1ccc(CC(=O)Nc2ccc(-n3cc(C)cn3)c(Oc3cccc(Cl)c3)c2)cc1. The summed E-state index contributed by atoms with van der Waals surface area (Å²) in [4.78, 5) is 12.9. The lowest BCUT2D eigenvalue weighted by Gasteiger charge is -2.14. The maximum atomic E-state index is 12.7. The number of sulfone groups is 1. The van der Waals surface area contributed by atoms with Crippen molar-refractivity contribution in [1.29, 1.82) is 0 Å². The molecule has 0 fully saturated rings. The second kappa shape index (κ2) is 10.3. The lowest BCUT2D eigenvalue weighted by molar-refractivity contribution is -0.115. The molecule has 0 aliphatic rings. The number of aryl methyl sites for hydroxylation is 1. The van der Waals surface area contributed by atoms with Gasteiger partial charge in [-0.05, 0) is 60.5 Å². The van der Waals surface area contributed by atoms with E-state index in [0.29, 0.717) is 33.5 Å². The van der Waals surface area contributed by atoms with Crippen LogP contribution in [-0.4, -0.2) is 29.9 Å². The first-order chi connectivity index (χ1) is 16.7. The Balaban J connectivity index is 1.55. The zero-order valence-electron chi connectivity index (χ0n) is 19.2. The highest BCUT2D eigenvalue weighted by Crippen LogP contribution is 2.32. The Kier molecular flexibility index (Phi) is 7.23. The van der Waals surface area contributed by atoms with Gasteiger partial charge in [0.15, 0.2) is 15.6 Å². The molecule has 4 aromatic rings. The smallest absolute Gasteiger partial charge is 0.228 e. The van der Waals surface area contributed by atoms with Crippen LogP contribution in [0.4, 0.5) is 5.69 Å². The minimum atomic E-state index is -3.28. The van der Waals surface area contributed by atoms with Gasteiger partial charge in [-0.2, -0.15) is 5.10 Å².